The quantitative estimate of drug-likeness (QED) is 0.835. The van der Waals surface area contributed by atoms with Gasteiger partial charge >= 0.3 is 5.97 Å². The van der Waals surface area contributed by atoms with Gasteiger partial charge in [-0.2, -0.15) is 0 Å². The molecule has 0 bridgehead atoms. The third-order valence-corrected chi connectivity index (χ3v) is 2.35. The number of anilines is 1. The minimum Gasteiger partial charge on any atom is -0.481 e. The van der Waals surface area contributed by atoms with Gasteiger partial charge in [-0.25, -0.2) is 9.97 Å². The van der Waals surface area contributed by atoms with Crippen LogP contribution in [0.1, 0.15) is 25.3 Å². The van der Waals surface area contributed by atoms with E-state index >= 15 is 0 Å². The van der Waals surface area contributed by atoms with Gasteiger partial charge in [0.2, 0.25) is 5.95 Å². The third kappa shape index (κ3) is 2.68. The molecule has 0 aromatic carbocycles. The highest BCUT2D eigenvalue weighted by Crippen LogP contribution is 2.23. The zero-order valence-electron chi connectivity index (χ0n) is 10.0. The lowest BCUT2D eigenvalue weighted by atomic mass is 9.90. The lowest BCUT2D eigenvalue weighted by Crippen LogP contribution is -2.19. The standard InChI is InChI=1S/C11H17N3O2/c1-7(2)9(10(15)16)8-5-12-11(13-6-8)14(3)4/h5-7,9H,1-4H3,(H,15,16). The number of rotatable bonds is 4. The molecule has 0 aliphatic heterocycles. The van der Waals surface area contributed by atoms with Crippen molar-refractivity contribution >= 4 is 11.9 Å². The molecule has 5 nitrogen and oxygen atoms in total. The summed E-state index contributed by atoms with van der Waals surface area (Å²) in [6.45, 7) is 3.75. The van der Waals surface area contributed by atoms with Crippen molar-refractivity contribution < 1.29 is 9.90 Å². The second kappa shape index (κ2) is 4.92. The first-order valence-electron chi connectivity index (χ1n) is 5.15. The summed E-state index contributed by atoms with van der Waals surface area (Å²) in [4.78, 5) is 21.1. The highest BCUT2D eigenvalue weighted by atomic mass is 16.4. The molecule has 1 heterocycles. The summed E-state index contributed by atoms with van der Waals surface area (Å²) in [6.07, 6.45) is 3.17. The van der Waals surface area contributed by atoms with Gasteiger partial charge in [-0.15, -0.1) is 0 Å². The molecular weight excluding hydrogens is 206 g/mol. The lowest BCUT2D eigenvalue weighted by molar-refractivity contribution is -0.139. The van der Waals surface area contributed by atoms with E-state index in [1.807, 2.05) is 27.9 Å². The van der Waals surface area contributed by atoms with Crippen molar-refractivity contribution in [2.75, 3.05) is 19.0 Å². The van der Waals surface area contributed by atoms with Crippen molar-refractivity contribution in [3.05, 3.63) is 18.0 Å². The van der Waals surface area contributed by atoms with Crippen LogP contribution in [0.4, 0.5) is 5.95 Å². The van der Waals surface area contributed by atoms with E-state index in [1.54, 1.807) is 17.3 Å². The Balaban J connectivity index is 2.99. The molecule has 0 fully saturated rings. The summed E-state index contributed by atoms with van der Waals surface area (Å²) in [5.41, 5.74) is 0.646. The van der Waals surface area contributed by atoms with Crippen LogP contribution >= 0.6 is 0 Å². The number of aliphatic carboxylic acids is 1. The average molecular weight is 223 g/mol. The highest BCUT2D eigenvalue weighted by Gasteiger charge is 2.24. The summed E-state index contributed by atoms with van der Waals surface area (Å²) in [6, 6.07) is 0. The first-order valence-corrected chi connectivity index (χ1v) is 5.15. The Bertz CT molecular complexity index is 360. The molecule has 1 aromatic heterocycles. The molecule has 16 heavy (non-hydrogen) atoms. The van der Waals surface area contributed by atoms with E-state index in [0.717, 1.165) is 0 Å². The molecule has 5 heteroatoms. The Hall–Kier alpha value is -1.65. The summed E-state index contributed by atoms with van der Waals surface area (Å²) < 4.78 is 0. The monoisotopic (exact) mass is 223 g/mol. The first kappa shape index (κ1) is 12.4. The molecular formula is C11H17N3O2. The molecule has 0 amide bonds. The number of nitrogens with zero attached hydrogens (tertiary/aromatic N) is 3. The molecule has 0 saturated carbocycles. The predicted octanol–water partition coefficient (Wildman–Crippen LogP) is 1.37. The maximum Gasteiger partial charge on any atom is 0.311 e. The van der Waals surface area contributed by atoms with Crippen LogP contribution in [0.2, 0.25) is 0 Å². The number of carbonyl (C=O) groups is 1. The van der Waals surface area contributed by atoms with Crippen molar-refractivity contribution in [2.45, 2.75) is 19.8 Å². The number of aromatic nitrogens is 2. The maximum atomic E-state index is 11.1. The summed E-state index contributed by atoms with van der Waals surface area (Å²) in [7, 11) is 3.68. The van der Waals surface area contributed by atoms with Crippen molar-refractivity contribution in [3.63, 3.8) is 0 Å². The minimum absolute atomic E-state index is 0.0197. The highest BCUT2D eigenvalue weighted by molar-refractivity contribution is 5.76. The van der Waals surface area contributed by atoms with Crippen LogP contribution in [-0.4, -0.2) is 35.1 Å². The number of carboxylic acids is 1. The zero-order chi connectivity index (χ0) is 12.3. The molecule has 0 aliphatic rings. The molecule has 0 aliphatic carbocycles. The van der Waals surface area contributed by atoms with Gasteiger partial charge in [0.1, 0.15) is 0 Å². The van der Waals surface area contributed by atoms with E-state index in [9.17, 15) is 4.79 Å². The van der Waals surface area contributed by atoms with Crippen molar-refractivity contribution in [1.82, 2.24) is 9.97 Å². The largest absolute Gasteiger partial charge is 0.481 e. The Kier molecular flexibility index (Phi) is 3.82. The van der Waals surface area contributed by atoms with Crippen LogP contribution in [-0.2, 0) is 4.79 Å². The van der Waals surface area contributed by atoms with Gasteiger partial charge in [-0.05, 0) is 5.92 Å². The fourth-order valence-corrected chi connectivity index (χ4v) is 1.54. The Morgan fingerprint density at radius 3 is 2.12 bits per heavy atom. The molecule has 0 radical (unpaired) electrons. The van der Waals surface area contributed by atoms with Gasteiger partial charge in [0.05, 0.1) is 5.92 Å². The van der Waals surface area contributed by atoms with Crippen LogP contribution < -0.4 is 4.90 Å². The van der Waals surface area contributed by atoms with Crippen LogP contribution in [0.5, 0.6) is 0 Å². The predicted molar refractivity (Wildman–Crippen MR) is 61.6 cm³/mol. The molecule has 1 unspecified atom stereocenters. The van der Waals surface area contributed by atoms with Crippen LogP contribution in [0.25, 0.3) is 0 Å². The summed E-state index contributed by atoms with van der Waals surface area (Å²) >= 11 is 0. The Morgan fingerprint density at radius 1 is 1.31 bits per heavy atom. The number of hydrogen-bond acceptors (Lipinski definition) is 4. The number of hydrogen-bond donors (Lipinski definition) is 1. The van der Waals surface area contributed by atoms with E-state index in [0.29, 0.717) is 11.5 Å². The number of carboxylic acid groups (broad SMARTS) is 1. The van der Waals surface area contributed by atoms with E-state index in [4.69, 9.17) is 5.11 Å². The summed E-state index contributed by atoms with van der Waals surface area (Å²) in [5, 5.41) is 9.11. The van der Waals surface area contributed by atoms with Crippen LogP contribution in [0.15, 0.2) is 12.4 Å². The van der Waals surface area contributed by atoms with Crippen LogP contribution in [0.3, 0.4) is 0 Å². The summed E-state index contributed by atoms with van der Waals surface area (Å²) in [5.74, 6) is -0.782. The average Bonchev–Trinajstić information content (AvgIpc) is 2.17. The van der Waals surface area contributed by atoms with Gasteiger partial charge in [-0.1, -0.05) is 13.8 Å². The molecule has 88 valence electrons. The zero-order valence-corrected chi connectivity index (χ0v) is 10.0. The SMILES string of the molecule is CC(C)C(C(=O)O)c1cnc(N(C)C)nc1. The van der Waals surface area contributed by atoms with E-state index in [1.165, 1.54) is 0 Å². The van der Waals surface area contributed by atoms with Gasteiger partial charge in [0.25, 0.3) is 0 Å². The van der Waals surface area contributed by atoms with Gasteiger partial charge in [0, 0.05) is 32.1 Å². The van der Waals surface area contributed by atoms with E-state index < -0.39 is 11.9 Å². The van der Waals surface area contributed by atoms with Crippen molar-refractivity contribution in [1.29, 1.82) is 0 Å². The molecule has 1 rings (SSSR count). The minimum atomic E-state index is -0.837. The first-order chi connectivity index (χ1) is 7.43. The topological polar surface area (TPSA) is 66.3 Å². The fraction of sp³-hybridized carbons (Fsp3) is 0.545. The normalized spacial score (nSPS) is 12.6. The molecule has 1 atom stereocenters. The fourth-order valence-electron chi connectivity index (χ4n) is 1.54. The van der Waals surface area contributed by atoms with Crippen molar-refractivity contribution in [2.24, 2.45) is 5.92 Å². The maximum absolute atomic E-state index is 11.1. The van der Waals surface area contributed by atoms with E-state index in [2.05, 4.69) is 9.97 Å². The smallest absolute Gasteiger partial charge is 0.311 e. The van der Waals surface area contributed by atoms with Gasteiger partial charge in [0.15, 0.2) is 0 Å². The van der Waals surface area contributed by atoms with Crippen LogP contribution in [0, 0.1) is 5.92 Å². The lowest BCUT2D eigenvalue weighted by Gasteiger charge is -2.16. The molecule has 1 aromatic rings. The Labute approximate surface area is 95.1 Å². The Morgan fingerprint density at radius 2 is 1.81 bits per heavy atom. The van der Waals surface area contributed by atoms with E-state index in [-0.39, 0.29) is 5.92 Å². The van der Waals surface area contributed by atoms with Gasteiger partial charge in [-0.3, -0.25) is 4.79 Å². The third-order valence-electron chi connectivity index (χ3n) is 2.35. The second-order valence-corrected chi connectivity index (χ2v) is 4.27. The molecule has 0 spiro atoms. The van der Waals surface area contributed by atoms with Crippen molar-refractivity contribution in [3.8, 4) is 0 Å². The van der Waals surface area contributed by atoms with Gasteiger partial charge < -0.3 is 10.0 Å². The second-order valence-electron chi connectivity index (χ2n) is 4.27. The molecule has 1 N–H and O–H groups in total. The molecule has 0 saturated heterocycles.